The molecule has 0 aliphatic carbocycles. The van der Waals surface area contributed by atoms with Gasteiger partial charge in [0.1, 0.15) is 11.5 Å². The van der Waals surface area contributed by atoms with Crippen molar-refractivity contribution in [2.75, 3.05) is 38.7 Å². The highest BCUT2D eigenvalue weighted by atomic mass is 32.1. The molecule has 2 N–H and O–H groups in total. The predicted octanol–water partition coefficient (Wildman–Crippen LogP) is 5.02. The Hall–Kier alpha value is -3.42. The number of halogens is 3. The van der Waals surface area contributed by atoms with Crippen molar-refractivity contribution in [2.45, 2.75) is 13.0 Å². The van der Waals surface area contributed by atoms with E-state index in [1.807, 2.05) is 4.90 Å². The highest BCUT2D eigenvalue weighted by Crippen LogP contribution is 2.41. The molecule has 0 amide bonds. The molecule has 1 fully saturated rings. The summed E-state index contributed by atoms with van der Waals surface area (Å²) < 4.78 is 54.4. The van der Waals surface area contributed by atoms with Crippen LogP contribution >= 0.6 is 12.2 Å². The Bertz CT molecular complexity index is 1220. The zero-order chi connectivity index (χ0) is 25.0. The molecular weight excluding hydrogens is 487 g/mol. The zero-order valence-electron chi connectivity index (χ0n) is 18.6. The van der Waals surface area contributed by atoms with E-state index in [-0.39, 0.29) is 28.7 Å². The third-order valence-electron chi connectivity index (χ3n) is 5.24. The molecule has 0 spiro atoms. The Morgan fingerprint density at radius 3 is 2.49 bits per heavy atom. The van der Waals surface area contributed by atoms with Crippen LogP contribution in [-0.2, 0) is 11.4 Å². The molecule has 13 heteroatoms. The zero-order valence-corrected chi connectivity index (χ0v) is 19.4. The minimum atomic E-state index is -4.86. The molecule has 4 rings (SSSR count). The number of anilines is 1. The van der Waals surface area contributed by atoms with E-state index >= 15 is 0 Å². The van der Waals surface area contributed by atoms with Crippen molar-refractivity contribution < 1.29 is 32.5 Å². The smallest absolute Gasteiger partial charge is 0.497 e. The normalized spacial score (nSPS) is 15.0. The van der Waals surface area contributed by atoms with Crippen molar-refractivity contribution in [1.82, 2.24) is 9.47 Å². The minimum Gasteiger partial charge on any atom is -0.497 e. The first-order chi connectivity index (χ1) is 16.7. The van der Waals surface area contributed by atoms with Gasteiger partial charge in [-0.2, -0.15) is 0 Å². The first kappa shape index (κ1) is 24.7. The Balaban J connectivity index is 1.64. The molecule has 1 aliphatic rings. The predicted molar refractivity (Wildman–Crippen MR) is 126 cm³/mol. The van der Waals surface area contributed by atoms with E-state index < -0.39 is 12.1 Å². The van der Waals surface area contributed by atoms with Crippen molar-refractivity contribution in [3.05, 3.63) is 42.5 Å². The fraction of sp³-hybridized carbons (Fsp3) is 0.318. The van der Waals surface area contributed by atoms with Crippen molar-refractivity contribution in [2.24, 2.45) is 10.2 Å². The van der Waals surface area contributed by atoms with Crippen LogP contribution in [0.25, 0.3) is 10.9 Å². The quantitative estimate of drug-likeness (QED) is 0.356. The molecule has 0 atom stereocenters. The van der Waals surface area contributed by atoms with Gasteiger partial charge in [-0.15, -0.1) is 23.4 Å². The largest absolute Gasteiger partial charge is 0.573 e. The number of alkyl halides is 3. The molecule has 9 nitrogen and oxygen atoms in total. The van der Waals surface area contributed by atoms with Crippen molar-refractivity contribution in [3.63, 3.8) is 0 Å². The minimum absolute atomic E-state index is 0.00802. The van der Waals surface area contributed by atoms with Crippen LogP contribution in [-0.4, -0.2) is 59.5 Å². The molecule has 0 unspecified atom stereocenters. The molecule has 0 radical (unpaired) electrons. The summed E-state index contributed by atoms with van der Waals surface area (Å²) in [7, 11) is 1.55. The number of nitrogens with one attached hydrogen (secondary N) is 1. The third-order valence-corrected chi connectivity index (χ3v) is 5.43. The number of ether oxygens (including phenoxy) is 3. The Kier molecular flexibility index (Phi) is 7.38. The fourth-order valence-corrected chi connectivity index (χ4v) is 3.76. The number of fused-ring (bicyclic) bond motifs is 1. The van der Waals surface area contributed by atoms with Crippen LogP contribution in [0.4, 0.5) is 24.5 Å². The number of azo groups is 1. The van der Waals surface area contributed by atoms with E-state index in [9.17, 15) is 18.3 Å². The summed E-state index contributed by atoms with van der Waals surface area (Å²) in [5.74, 6) is -0.0338. The first-order valence-corrected chi connectivity index (χ1v) is 10.9. The van der Waals surface area contributed by atoms with E-state index in [1.54, 1.807) is 35.9 Å². The molecule has 2 heterocycles. The summed E-state index contributed by atoms with van der Waals surface area (Å²) in [6.07, 6.45) is -4.86. The lowest BCUT2D eigenvalue weighted by Crippen LogP contribution is -2.37. The van der Waals surface area contributed by atoms with Crippen LogP contribution < -0.4 is 14.8 Å². The number of thiocarbonyl (C=S) groups is 1. The number of hydrogen-bond donors (Lipinski definition) is 2. The number of aromatic hydroxyl groups is 1. The van der Waals surface area contributed by atoms with Gasteiger partial charge in [0.15, 0.2) is 5.69 Å². The van der Waals surface area contributed by atoms with Crippen LogP contribution in [0.15, 0.2) is 52.7 Å². The summed E-state index contributed by atoms with van der Waals surface area (Å²) in [5, 5.41) is 22.0. The Morgan fingerprint density at radius 1 is 1.14 bits per heavy atom. The topological polar surface area (TPSA) is 92.8 Å². The molecule has 3 aromatic rings. The highest BCUT2D eigenvalue weighted by Gasteiger charge is 2.31. The maximum absolute atomic E-state index is 12.8. The van der Waals surface area contributed by atoms with Crippen LogP contribution in [0, 0.1) is 0 Å². The lowest BCUT2D eigenvalue weighted by molar-refractivity contribution is -0.274. The average molecular weight is 510 g/mol. The highest BCUT2D eigenvalue weighted by molar-refractivity contribution is 7.80. The molecule has 2 aromatic carbocycles. The Morgan fingerprint density at radius 2 is 1.83 bits per heavy atom. The first-order valence-electron chi connectivity index (χ1n) is 10.5. The summed E-state index contributed by atoms with van der Waals surface area (Å²) in [6, 6.07) is 10.7. The van der Waals surface area contributed by atoms with E-state index in [2.05, 4.69) is 20.3 Å². The van der Waals surface area contributed by atoms with Gasteiger partial charge in [0.2, 0.25) is 11.0 Å². The SMILES string of the molecule is COc1ccc(NC(=S)N=Nc2c(O)n(CN3CCOCC3)c3ccc(OC(F)(F)F)cc23)cc1. The average Bonchev–Trinajstić information content (AvgIpc) is 3.08. The molecule has 35 heavy (non-hydrogen) atoms. The second-order valence-electron chi connectivity index (χ2n) is 7.56. The summed E-state index contributed by atoms with van der Waals surface area (Å²) in [6.45, 7) is 2.65. The van der Waals surface area contributed by atoms with E-state index in [0.29, 0.717) is 43.3 Å². The summed E-state index contributed by atoms with van der Waals surface area (Å²) >= 11 is 5.21. The molecule has 0 saturated carbocycles. The summed E-state index contributed by atoms with van der Waals surface area (Å²) in [5.41, 5.74) is 1.07. The van der Waals surface area contributed by atoms with E-state index in [4.69, 9.17) is 21.7 Å². The van der Waals surface area contributed by atoms with Gasteiger partial charge in [-0.25, -0.2) is 0 Å². The molecular formula is C22H22F3N5O4S. The molecule has 1 saturated heterocycles. The van der Waals surface area contributed by atoms with Crippen molar-refractivity contribution in [1.29, 1.82) is 0 Å². The number of rotatable bonds is 6. The summed E-state index contributed by atoms with van der Waals surface area (Å²) in [4.78, 5) is 2.04. The lowest BCUT2D eigenvalue weighted by Gasteiger charge is -2.27. The van der Waals surface area contributed by atoms with Gasteiger partial charge < -0.3 is 24.6 Å². The van der Waals surface area contributed by atoms with Crippen LogP contribution in [0.2, 0.25) is 0 Å². The molecule has 1 aromatic heterocycles. The molecule has 1 aliphatic heterocycles. The Labute approximate surface area is 203 Å². The monoisotopic (exact) mass is 509 g/mol. The lowest BCUT2D eigenvalue weighted by atomic mass is 10.2. The standard InChI is InChI=1S/C22H22F3N5O4S/c1-32-15-4-2-14(3-5-15)26-21(35)28-27-19-17-12-16(34-22(23,24)25)6-7-18(17)30(20(19)31)13-29-8-10-33-11-9-29/h2-7,12,31H,8-11,13H2,1H3,(H,26,35). The third kappa shape index (κ3) is 6.18. The molecule has 186 valence electrons. The van der Waals surface area contributed by atoms with Gasteiger partial charge in [0.25, 0.3) is 0 Å². The van der Waals surface area contributed by atoms with Gasteiger partial charge in [0.05, 0.1) is 32.5 Å². The van der Waals surface area contributed by atoms with Gasteiger partial charge in [-0.05, 0) is 54.7 Å². The molecule has 0 bridgehead atoms. The number of hydrogen-bond acceptors (Lipinski definition) is 7. The van der Waals surface area contributed by atoms with Crippen LogP contribution in [0.5, 0.6) is 17.4 Å². The van der Waals surface area contributed by atoms with Gasteiger partial charge in [0, 0.05) is 24.2 Å². The fourth-order valence-electron chi connectivity index (χ4n) is 3.60. The van der Waals surface area contributed by atoms with Crippen molar-refractivity contribution >= 4 is 39.6 Å². The number of morpholine rings is 1. The van der Waals surface area contributed by atoms with E-state index in [1.165, 1.54) is 12.1 Å². The van der Waals surface area contributed by atoms with Gasteiger partial charge in [-0.1, -0.05) is 0 Å². The number of methoxy groups -OCH3 is 1. The maximum atomic E-state index is 12.8. The number of benzene rings is 2. The van der Waals surface area contributed by atoms with Gasteiger partial charge in [-0.3, -0.25) is 9.47 Å². The number of aromatic nitrogens is 1. The number of nitrogens with zero attached hydrogens (tertiary/aromatic N) is 4. The van der Waals surface area contributed by atoms with Crippen LogP contribution in [0.3, 0.4) is 0 Å². The van der Waals surface area contributed by atoms with Crippen LogP contribution in [0.1, 0.15) is 0 Å². The maximum Gasteiger partial charge on any atom is 0.573 e. The second-order valence-corrected chi connectivity index (χ2v) is 7.94. The van der Waals surface area contributed by atoms with E-state index in [0.717, 1.165) is 6.07 Å². The van der Waals surface area contributed by atoms with Gasteiger partial charge >= 0.3 is 6.36 Å². The van der Waals surface area contributed by atoms with Crippen molar-refractivity contribution in [3.8, 4) is 17.4 Å². The second kappa shape index (κ2) is 10.5.